The van der Waals surface area contributed by atoms with Crippen LogP contribution in [0.2, 0.25) is 11.3 Å². The van der Waals surface area contributed by atoms with E-state index in [2.05, 4.69) is 0 Å². The number of benzene rings is 1. The van der Waals surface area contributed by atoms with Crippen molar-refractivity contribution in [2.75, 3.05) is 0 Å². The molecule has 2 nitrogen and oxygen atoms in total. The van der Waals surface area contributed by atoms with E-state index in [0.717, 1.165) is 12.1 Å². The Kier molecular flexibility index (Phi) is 3.77. The van der Waals surface area contributed by atoms with Crippen molar-refractivity contribution in [3.05, 3.63) is 35.1 Å². The van der Waals surface area contributed by atoms with Gasteiger partial charge >= 0.3 is 12.9 Å². The Hall–Kier alpha value is -1.61. The topological polar surface area (TPSA) is 33.0 Å². The van der Waals surface area contributed by atoms with Gasteiger partial charge in [-0.1, -0.05) is 17.9 Å². The summed E-state index contributed by atoms with van der Waals surface area (Å²) >= 11 is 5.90. The van der Waals surface area contributed by atoms with E-state index < -0.39 is 18.5 Å². The summed E-state index contributed by atoms with van der Waals surface area (Å²) in [4.78, 5) is 0. The highest BCUT2D eigenvalue weighted by Crippen LogP contribution is 2.34. The molecule has 0 N–H and O–H groups in total. The van der Waals surface area contributed by atoms with Crippen LogP contribution in [0.4, 0.5) is 13.2 Å². The SMILES string of the molecule is N#CB1CCC=COc2cc(C(F)(F)F)cc(Cl)c21. The van der Waals surface area contributed by atoms with Crippen molar-refractivity contribution < 1.29 is 17.9 Å². The highest BCUT2D eigenvalue weighted by Gasteiger charge is 2.34. The van der Waals surface area contributed by atoms with Crippen LogP contribution < -0.4 is 10.2 Å². The molecule has 0 unspecified atom stereocenters. The highest BCUT2D eigenvalue weighted by atomic mass is 35.5. The maximum absolute atomic E-state index is 12.7. The summed E-state index contributed by atoms with van der Waals surface area (Å²) in [6.07, 6.45) is -0.413. The third kappa shape index (κ3) is 2.87. The first-order valence-electron chi connectivity index (χ1n) is 5.55. The van der Waals surface area contributed by atoms with E-state index in [4.69, 9.17) is 21.6 Å². The predicted molar refractivity (Wildman–Crippen MR) is 66.6 cm³/mol. The quantitative estimate of drug-likeness (QED) is 0.684. The van der Waals surface area contributed by atoms with E-state index in [1.807, 2.05) is 5.97 Å². The van der Waals surface area contributed by atoms with Crippen LogP contribution in [-0.4, -0.2) is 6.71 Å². The Morgan fingerprint density at radius 2 is 2.11 bits per heavy atom. The van der Waals surface area contributed by atoms with Crippen molar-refractivity contribution >= 4 is 23.8 Å². The zero-order valence-electron chi connectivity index (χ0n) is 9.67. The number of alkyl halides is 3. The molecule has 7 heteroatoms. The molecule has 1 aromatic rings. The molecule has 2 rings (SSSR count). The van der Waals surface area contributed by atoms with Crippen LogP contribution in [0.5, 0.6) is 5.75 Å². The van der Waals surface area contributed by atoms with Crippen molar-refractivity contribution in [2.45, 2.75) is 18.9 Å². The van der Waals surface area contributed by atoms with Crippen molar-refractivity contribution in [3.8, 4) is 11.7 Å². The molecular weight excluding hydrogens is 277 g/mol. The van der Waals surface area contributed by atoms with Gasteiger partial charge < -0.3 is 4.74 Å². The van der Waals surface area contributed by atoms with Crippen LogP contribution in [0.15, 0.2) is 24.5 Å². The molecule has 0 radical (unpaired) electrons. The van der Waals surface area contributed by atoms with E-state index in [-0.39, 0.29) is 10.8 Å². The number of hydrogen-bond acceptors (Lipinski definition) is 2. The van der Waals surface area contributed by atoms with Crippen LogP contribution in [0.1, 0.15) is 12.0 Å². The second-order valence-electron chi connectivity index (χ2n) is 4.12. The minimum atomic E-state index is -4.50. The van der Waals surface area contributed by atoms with E-state index in [0.29, 0.717) is 18.2 Å². The minimum absolute atomic E-state index is 0.0117. The molecule has 1 heterocycles. The molecule has 98 valence electrons. The van der Waals surface area contributed by atoms with Crippen molar-refractivity contribution in [1.29, 1.82) is 5.26 Å². The molecule has 0 amide bonds. The number of nitriles is 1. The maximum Gasteiger partial charge on any atom is 0.416 e. The third-order valence-electron chi connectivity index (χ3n) is 2.84. The van der Waals surface area contributed by atoms with E-state index in [9.17, 15) is 13.2 Å². The van der Waals surface area contributed by atoms with E-state index in [1.165, 1.54) is 6.26 Å². The van der Waals surface area contributed by atoms with Gasteiger partial charge in [-0.3, -0.25) is 0 Å². The van der Waals surface area contributed by atoms with E-state index in [1.54, 1.807) is 6.08 Å². The smallest absolute Gasteiger partial charge is 0.416 e. The van der Waals surface area contributed by atoms with Gasteiger partial charge in [0.15, 0.2) is 0 Å². The zero-order valence-corrected chi connectivity index (χ0v) is 10.4. The van der Waals surface area contributed by atoms with Crippen LogP contribution in [0.25, 0.3) is 0 Å². The Labute approximate surface area is 113 Å². The molecule has 0 saturated carbocycles. The lowest BCUT2D eigenvalue weighted by atomic mass is 9.43. The lowest BCUT2D eigenvalue weighted by Crippen LogP contribution is -2.32. The Morgan fingerprint density at radius 3 is 2.74 bits per heavy atom. The fourth-order valence-electron chi connectivity index (χ4n) is 1.92. The molecule has 1 aliphatic heterocycles. The maximum atomic E-state index is 12.7. The second-order valence-corrected chi connectivity index (χ2v) is 4.52. The molecule has 1 aromatic carbocycles. The Bertz CT molecular complexity index is 565. The number of hydrogen-bond donors (Lipinski definition) is 0. The van der Waals surface area contributed by atoms with Gasteiger partial charge in [-0.25, -0.2) is 5.26 Å². The van der Waals surface area contributed by atoms with Crippen molar-refractivity contribution in [1.82, 2.24) is 0 Å². The lowest BCUT2D eigenvalue weighted by molar-refractivity contribution is -0.137. The largest absolute Gasteiger partial charge is 0.466 e. The van der Waals surface area contributed by atoms with Gasteiger partial charge in [-0.05, 0) is 30.1 Å². The van der Waals surface area contributed by atoms with Gasteiger partial charge in [-0.15, -0.1) is 0 Å². The molecule has 0 atom stereocenters. The zero-order chi connectivity index (χ0) is 14.0. The highest BCUT2D eigenvalue weighted by molar-refractivity contribution is 6.82. The van der Waals surface area contributed by atoms with Gasteiger partial charge in [0, 0.05) is 11.0 Å². The summed E-state index contributed by atoms with van der Waals surface area (Å²) in [5, 5.41) is 9.01. The minimum Gasteiger partial charge on any atom is -0.466 e. The summed E-state index contributed by atoms with van der Waals surface area (Å²) in [7, 11) is 0. The van der Waals surface area contributed by atoms with Crippen LogP contribution in [-0.2, 0) is 6.18 Å². The summed E-state index contributed by atoms with van der Waals surface area (Å²) in [6.45, 7) is -0.574. The third-order valence-corrected chi connectivity index (χ3v) is 3.15. The molecule has 1 aliphatic rings. The molecule has 0 aromatic heterocycles. The molecule has 0 aliphatic carbocycles. The van der Waals surface area contributed by atoms with Gasteiger partial charge in [0.05, 0.1) is 11.8 Å². The first-order valence-corrected chi connectivity index (χ1v) is 5.93. The summed E-state index contributed by atoms with van der Waals surface area (Å²) in [5.74, 6) is 2.04. The second kappa shape index (κ2) is 5.18. The summed E-state index contributed by atoms with van der Waals surface area (Å²) in [5.41, 5.74) is -0.566. The molecule has 0 spiro atoms. The predicted octanol–water partition coefficient (Wildman–Crippen LogP) is 3.42. The Morgan fingerprint density at radius 1 is 1.37 bits per heavy atom. The van der Waals surface area contributed by atoms with Gasteiger partial charge in [-0.2, -0.15) is 13.2 Å². The number of rotatable bonds is 0. The van der Waals surface area contributed by atoms with Gasteiger partial charge in [0.25, 0.3) is 0 Å². The van der Waals surface area contributed by atoms with E-state index >= 15 is 0 Å². The Balaban J connectivity index is 2.59. The molecule has 0 bridgehead atoms. The first kappa shape index (κ1) is 13.8. The summed E-state index contributed by atoms with van der Waals surface area (Å²) in [6, 6.07) is 1.71. The van der Waals surface area contributed by atoms with Crippen LogP contribution in [0, 0.1) is 11.2 Å². The molecule has 19 heavy (non-hydrogen) atoms. The van der Waals surface area contributed by atoms with Gasteiger partial charge in [0.2, 0.25) is 0 Å². The average Bonchev–Trinajstić information content (AvgIpc) is 2.29. The number of allylic oxidation sites excluding steroid dienone is 1. The standard InChI is InChI=1S/C12H8BClF3NO/c14-9-5-8(12(15,16)17)6-10-11(9)13(7-18)3-1-2-4-19-10/h2,4-6H,1,3H2. The number of fused-ring (bicyclic) bond motifs is 1. The lowest BCUT2D eigenvalue weighted by Gasteiger charge is -2.17. The first-order chi connectivity index (χ1) is 8.93. The number of halogens is 4. The molecular formula is C12H8BClF3NO. The van der Waals surface area contributed by atoms with Gasteiger partial charge in [0.1, 0.15) is 5.75 Å². The van der Waals surface area contributed by atoms with Crippen molar-refractivity contribution in [2.24, 2.45) is 0 Å². The monoisotopic (exact) mass is 285 g/mol. The normalized spacial score (nSPS) is 15.0. The van der Waals surface area contributed by atoms with Crippen LogP contribution in [0.3, 0.4) is 0 Å². The molecule has 0 fully saturated rings. The molecule has 0 saturated heterocycles. The fraction of sp³-hybridized carbons (Fsp3) is 0.250. The van der Waals surface area contributed by atoms with Crippen LogP contribution >= 0.6 is 11.6 Å². The van der Waals surface area contributed by atoms with Crippen molar-refractivity contribution in [3.63, 3.8) is 0 Å². The number of ether oxygens (including phenoxy) is 1. The average molecular weight is 285 g/mol. The fourth-order valence-corrected chi connectivity index (χ4v) is 2.26. The summed E-state index contributed by atoms with van der Waals surface area (Å²) < 4.78 is 43.3. The number of nitrogens with zero attached hydrogens (tertiary/aromatic N) is 1.